The second kappa shape index (κ2) is 6.36. The van der Waals surface area contributed by atoms with E-state index in [-0.39, 0.29) is 11.2 Å². The normalized spacial score (nSPS) is 10.6. The van der Waals surface area contributed by atoms with Crippen molar-refractivity contribution in [1.29, 1.82) is 0 Å². The molecule has 0 aromatic carbocycles. The van der Waals surface area contributed by atoms with Gasteiger partial charge in [0.05, 0.1) is 7.11 Å². The first-order chi connectivity index (χ1) is 10.0. The van der Waals surface area contributed by atoms with E-state index in [2.05, 4.69) is 10.3 Å². The van der Waals surface area contributed by atoms with E-state index >= 15 is 0 Å². The highest BCUT2D eigenvalue weighted by Crippen LogP contribution is 2.08. The van der Waals surface area contributed by atoms with Gasteiger partial charge < -0.3 is 14.6 Å². The van der Waals surface area contributed by atoms with Crippen LogP contribution in [0.25, 0.3) is 0 Å². The van der Waals surface area contributed by atoms with Crippen molar-refractivity contribution >= 4 is 0 Å². The zero-order chi connectivity index (χ0) is 15.4. The maximum absolute atomic E-state index is 12.0. The van der Waals surface area contributed by atoms with Crippen LogP contribution >= 0.6 is 0 Å². The Kier molecular flexibility index (Phi) is 4.54. The minimum Gasteiger partial charge on any atom is -0.481 e. The number of nitrogens with one attached hydrogen (secondary N) is 1. The van der Waals surface area contributed by atoms with Gasteiger partial charge in [-0.1, -0.05) is 0 Å². The fourth-order valence-corrected chi connectivity index (χ4v) is 2.02. The van der Waals surface area contributed by atoms with Crippen LogP contribution < -0.4 is 21.3 Å². The summed E-state index contributed by atoms with van der Waals surface area (Å²) in [5.74, 6) is 0.548. The lowest BCUT2D eigenvalue weighted by atomic mass is 10.2. The Morgan fingerprint density at radius 3 is 2.76 bits per heavy atom. The molecule has 2 aromatic rings. The smallest absolute Gasteiger partial charge is 0.330 e. The maximum Gasteiger partial charge on any atom is 0.330 e. The average molecular weight is 290 g/mol. The summed E-state index contributed by atoms with van der Waals surface area (Å²) in [5.41, 5.74) is 0.935. The van der Waals surface area contributed by atoms with E-state index < -0.39 is 0 Å². The van der Waals surface area contributed by atoms with Gasteiger partial charge in [-0.2, -0.15) is 0 Å². The Labute approximate surface area is 121 Å². The van der Waals surface area contributed by atoms with Gasteiger partial charge in [0.1, 0.15) is 0 Å². The van der Waals surface area contributed by atoms with Crippen LogP contribution in [0, 0.1) is 0 Å². The van der Waals surface area contributed by atoms with E-state index in [0.717, 1.165) is 10.1 Å². The lowest BCUT2D eigenvalue weighted by molar-refractivity contribution is 0.397. The van der Waals surface area contributed by atoms with Crippen molar-refractivity contribution in [3.8, 4) is 5.88 Å². The highest BCUT2D eigenvalue weighted by Gasteiger charge is 2.06. The molecule has 0 saturated heterocycles. The Morgan fingerprint density at radius 1 is 1.29 bits per heavy atom. The average Bonchev–Trinajstić information content (AvgIpc) is 2.50. The van der Waals surface area contributed by atoms with E-state index in [1.165, 1.54) is 11.6 Å². The Bertz CT molecular complexity index is 749. The number of nitrogens with zero attached hydrogens (tertiary/aromatic N) is 3. The van der Waals surface area contributed by atoms with Crippen molar-refractivity contribution in [3.05, 3.63) is 56.5 Å². The number of pyridine rings is 1. The van der Waals surface area contributed by atoms with Crippen LogP contribution in [0.15, 0.2) is 34.1 Å². The van der Waals surface area contributed by atoms with Crippen molar-refractivity contribution in [2.24, 2.45) is 14.1 Å². The van der Waals surface area contributed by atoms with Gasteiger partial charge in [-0.3, -0.25) is 9.36 Å². The van der Waals surface area contributed by atoms with Gasteiger partial charge >= 0.3 is 5.69 Å². The second-order valence-corrected chi connectivity index (χ2v) is 4.72. The fourth-order valence-electron chi connectivity index (χ4n) is 2.02. The first-order valence-electron chi connectivity index (χ1n) is 6.48. The van der Waals surface area contributed by atoms with Crippen molar-refractivity contribution < 1.29 is 4.74 Å². The second-order valence-electron chi connectivity index (χ2n) is 4.72. The summed E-state index contributed by atoms with van der Waals surface area (Å²) in [5, 5.41) is 3.17. The SMILES string of the molecule is COc1cc(CNCc2cn(C)c(=O)n(C)c2=O)ccn1. The lowest BCUT2D eigenvalue weighted by Crippen LogP contribution is -2.39. The highest BCUT2D eigenvalue weighted by atomic mass is 16.5. The van der Waals surface area contributed by atoms with Gasteiger partial charge in [-0.05, 0) is 11.6 Å². The van der Waals surface area contributed by atoms with Gasteiger partial charge in [0.25, 0.3) is 5.56 Å². The first kappa shape index (κ1) is 15.0. The van der Waals surface area contributed by atoms with E-state index in [1.807, 2.05) is 12.1 Å². The third-order valence-corrected chi connectivity index (χ3v) is 3.17. The number of ether oxygens (including phenoxy) is 1. The van der Waals surface area contributed by atoms with Crippen LogP contribution in [0.2, 0.25) is 0 Å². The summed E-state index contributed by atoms with van der Waals surface area (Å²) in [4.78, 5) is 27.6. The number of aryl methyl sites for hydroxylation is 1. The molecule has 0 aliphatic heterocycles. The molecule has 0 radical (unpaired) electrons. The van der Waals surface area contributed by atoms with Gasteiger partial charge in [0.2, 0.25) is 5.88 Å². The number of hydrogen-bond acceptors (Lipinski definition) is 5. The van der Waals surface area contributed by atoms with Crippen LogP contribution in [0.1, 0.15) is 11.1 Å². The molecule has 2 heterocycles. The summed E-state index contributed by atoms with van der Waals surface area (Å²) >= 11 is 0. The largest absolute Gasteiger partial charge is 0.481 e. The minimum absolute atomic E-state index is 0.280. The quantitative estimate of drug-likeness (QED) is 0.823. The summed E-state index contributed by atoms with van der Waals surface area (Å²) in [6.45, 7) is 0.955. The molecular weight excluding hydrogens is 272 g/mol. The summed E-state index contributed by atoms with van der Waals surface area (Å²) in [6.07, 6.45) is 3.23. The van der Waals surface area contributed by atoms with Crippen LogP contribution in [0.4, 0.5) is 0 Å². The molecule has 0 spiro atoms. The van der Waals surface area contributed by atoms with Crippen LogP contribution in [-0.4, -0.2) is 21.2 Å². The van der Waals surface area contributed by atoms with Crippen molar-refractivity contribution in [3.63, 3.8) is 0 Å². The van der Waals surface area contributed by atoms with Crippen LogP contribution in [-0.2, 0) is 27.2 Å². The van der Waals surface area contributed by atoms with E-state index in [1.54, 1.807) is 26.6 Å². The van der Waals surface area contributed by atoms with Crippen molar-refractivity contribution in [2.45, 2.75) is 13.1 Å². The highest BCUT2D eigenvalue weighted by molar-refractivity contribution is 5.20. The zero-order valence-corrected chi connectivity index (χ0v) is 12.3. The minimum atomic E-state index is -0.331. The number of methoxy groups -OCH3 is 1. The van der Waals surface area contributed by atoms with Crippen molar-refractivity contribution in [2.75, 3.05) is 7.11 Å². The molecule has 7 heteroatoms. The molecule has 0 atom stereocenters. The van der Waals surface area contributed by atoms with Crippen molar-refractivity contribution in [1.82, 2.24) is 19.4 Å². The molecule has 0 aliphatic carbocycles. The Morgan fingerprint density at radius 2 is 2.05 bits per heavy atom. The van der Waals surface area contributed by atoms with E-state index in [4.69, 9.17) is 4.74 Å². The molecule has 0 aliphatic rings. The van der Waals surface area contributed by atoms with Gasteiger partial charge in [-0.25, -0.2) is 9.78 Å². The molecule has 0 saturated carbocycles. The lowest BCUT2D eigenvalue weighted by Gasteiger charge is -2.08. The van der Waals surface area contributed by atoms with Gasteiger partial charge in [-0.15, -0.1) is 0 Å². The molecule has 0 unspecified atom stereocenters. The zero-order valence-electron chi connectivity index (χ0n) is 12.3. The molecule has 7 nitrogen and oxygen atoms in total. The van der Waals surface area contributed by atoms with Gasteiger partial charge in [0, 0.05) is 51.2 Å². The summed E-state index contributed by atoms with van der Waals surface area (Å²) in [6, 6.07) is 3.69. The number of aromatic nitrogens is 3. The Balaban J connectivity index is 2.07. The molecule has 112 valence electrons. The molecule has 2 rings (SSSR count). The van der Waals surface area contributed by atoms with E-state index in [0.29, 0.717) is 24.5 Å². The monoisotopic (exact) mass is 290 g/mol. The van der Waals surface area contributed by atoms with Crippen LogP contribution in [0.5, 0.6) is 5.88 Å². The first-order valence-corrected chi connectivity index (χ1v) is 6.48. The summed E-state index contributed by atoms with van der Waals surface area (Å²) in [7, 11) is 4.66. The predicted molar refractivity (Wildman–Crippen MR) is 78.3 cm³/mol. The fraction of sp³-hybridized carbons (Fsp3) is 0.357. The third kappa shape index (κ3) is 3.38. The molecule has 0 bridgehead atoms. The molecule has 1 N–H and O–H groups in total. The third-order valence-electron chi connectivity index (χ3n) is 3.17. The van der Waals surface area contributed by atoms with Crippen LogP contribution in [0.3, 0.4) is 0 Å². The number of rotatable bonds is 5. The molecule has 0 fully saturated rings. The molecule has 0 amide bonds. The topological polar surface area (TPSA) is 78.1 Å². The van der Waals surface area contributed by atoms with Gasteiger partial charge in [0.15, 0.2) is 0 Å². The Hall–Kier alpha value is -2.41. The molecule has 21 heavy (non-hydrogen) atoms. The molecule has 2 aromatic heterocycles. The standard InChI is InChI=1S/C14H18N4O3/c1-17-9-11(13(19)18(2)14(17)20)8-15-7-10-4-5-16-12(6-10)21-3/h4-6,9,15H,7-8H2,1-3H3. The van der Waals surface area contributed by atoms with E-state index in [9.17, 15) is 9.59 Å². The predicted octanol–water partition coefficient (Wildman–Crippen LogP) is -0.223. The number of hydrogen-bond donors (Lipinski definition) is 1. The summed E-state index contributed by atoms with van der Waals surface area (Å²) < 4.78 is 7.55. The molecular formula is C14H18N4O3. The maximum atomic E-state index is 12.0.